The molecule has 0 fully saturated rings. The second-order valence-electron chi connectivity index (χ2n) is 4.71. The van der Waals surface area contributed by atoms with Crippen LogP contribution in [0.3, 0.4) is 0 Å². The predicted molar refractivity (Wildman–Crippen MR) is 72.5 cm³/mol. The number of ether oxygens (including phenoxy) is 1. The van der Waals surface area contributed by atoms with E-state index >= 15 is 0 Å². The van der Waals surface area contributed by atoms with Crippen LogP contribution in [0.2, 0.25) is 0 Å². The number of hydrogen-bond donors (Lipinski definition) is 2. The van der Waals surface area contributed by atoms with E-state index in [1.165, 1.54) is 7.11 Å². The van der Waals surface area contributed by atoms with Crippen molar-refractivity contribution in [2.45, 2.75) is 19.9 Å². The third kappa shape index (κ3) is 3.97. The van der Waals surface area contributed by atoms with Gasteiger partial charge >= 0.3 is 0 Å². The molecule has 0 aliphatic carbocycles. The molecule has 3 N–H and O–H groups in total. The standard InChI is InChI=1S/C14H19N3O2/c1-9(2)8-17-13(14(16)18)10-4-5-12(19-3)11(6-10)7-15/h4-6,9,13,17H,8H2,1-3H3,(H2,16,18). The highest BCUT2D eigenvalue weighted by Crippen LogP contribution is 2.22. The van der Waals surface area contributed by atoms with E-state index < -0.39 is 11.9 Å². The van der Waals surface area contributed by atoms with E-state index in [1.807, 2.05) is 19.9 Å². The van der Waals surface area contributed by atoms with Gasteiger partial charge in [-0.25, -0.2) is 0 Å². The number of hydrogen-bond acceptors (Lipinski definition) is 4. The fraction of sp³-hybridized carbons (Fsp3) is 0.429. The lowest BCUT2D eigenvalue weighted by atomic mass is 10.0. The van der Waals surface area contributed by atoms with Crippen LogP contribution in [0.5, 0.6) is 5.75 Å². The first-order chi connectivity index (χ1) is 8.99. The molecule has 0 saturated carbocycles. The third-order valence-corrected chi connectivity index (χ3v) is 2.69. The summed E-state index contributed by atoms with van der Waals surface area (Å²) < 4.78 is 5.07. The molecule has 1 aromatic carbocycles. The highest BCUT2D eigenvalue weighted by molar-refractivity contribution is 5.81. The van der Waals surface area contributed by atoms with Gasteiger partial charge in [-0.15, -0.1) is 0 Å². The van der Waals surface area contributed by atoms with Crippen molar-refractivity contribution >= 4 is 5.91 Å². The zero-order valence-electron chi connectivity index (χ0n) is 11.4. The van der Waals surface area contributed by atoms with E-state index in [4.69, 9.17) is 15.7 Å². The minimum absolute atomic E-state index is 0.387. The number of amides is 1. The fourth-order valence-electron chi connectivity index (χ4n) is 1.73. The zero-order valence-corrected chi connectivity index (χ0v) is 11.4. The maximum atomic E-state index is 11.5. The van der Waals surface area contributed by atoms with Gasteiger partial charge in [0.25, 0.3) is 0 Å². The third-order valence-electron chi connectivity index (χ3n) is 2.69. The molecule has 0 radical (unpaired) electrons. The summed E-state index contributed by atoms with van der Waals surface area (Å²) in [6.07, 6.45) is 0. The lowest BCUT2D eigenvalue weighted by molar-refractivity contribution is -0.120. The van der Waals surface area contributed by atoms with Crippen molar-refractivity contribution in [1.82, 2.24) is 5.32 Å². The molecule has 19 heavy (non-hydrogen) atoms. The van der Waals surface area contributed by atoms with Crippen LogP contribution in [0.1, 0.15) is 31.0 Å². The molecular formula is C14H19N3O2. The molecule has 0 aliphatic rings. The van der Waals surface area contributed by atoms with Crippen molar-refractivity contribution in [3.8, 4) is 11.8 Å². The number of rotatable bonds is 6. The number of nitrogens with zero attached hydrogens (tertiary/aromatic N) is 1. The number of nitriles is 1. The van der Waals surface area contributed by atoms with Gasteiger partial charge in [-0.3, -0.25) is 4.79 Å². The van der Waals surface area contributed by atoms with Gasteiger partial charge in [-0.1, -0.05) is 19.9 Å². The van der Waals surface area contributed by atoms with E-state index in [0.717, 1.165) is 0 Å². The van der Waals surface area contributed by atoms with Gasteiger partial charge in [0.2, 0.25) is 5.91 Å². The Balaban J connectivity index is 3.03. The second kappa shape index (κ2) is 6.76. The van der Waals surface area contributed by atoms with Crippen LogP contribution in [0.15, 0.2) is 18.2 Å². The maximum absolute atomic E-state index is 11.5. The maximum Gasteiger partial charge on any atom is 0.239 e. The van der Waals surface area contributed by atoms with Crippen molar-refractivity contribution in [2.75, 3.05) is 13.7 Å². The first-order valence-corrected chi connectivity index (χ1v) is 6.10. The SMILES string of the molecule is COc1ccc(C(NCC(C)C)C(N)=O)cc1C#N. The predicted octanol–water partition coefficient (Wildman–Crippen LogP) is 1.34. The molecule has 102 valence electrons. The molecule has 0 spiro atoms. The Labute approximate surface area is 113 Å². The van der Waals surface area contributed by atoms with Crippen molar-refractivity contribution in [3.05, 3.63) is 29.3 Å². The molecule has 0 aliphatic heterocycles. The van der Waals surface area contributed by atoms with Gasteiger partial charge in [-0.2, -0.15) is 5.26 Å². The average Bonchev–Trinajstić information content (AvgIpc) is 2.37. The Morgan fingerprint density at radius 3 is 2.68 bits per heavy atom. The summed E-state index contributed by atoms with van der Waals surface area (Å²) in [5.41, 5.74) is 6.46. The molecule has 1 amide bonds. The number of nitrogens with two attached hydrogens (primary N) is 1. The Bertz CT molecular complexity index is 492. The van der Waals surface area contributed by atoms with Crippen molar-refractivity contribution in [3.63, 3.8) is 0 Å². The summed E-state index contributed by atoms with van der Waals surface area (Å²) >= 11 is 0. The lowest BCUT2D eigenvalue weighted by Crippen LogP contribution is -2.35. The second-order valence-corrected chi connectivity index (χ2v) is 4.71. The molecule has 1 atom stereocenters. The highest BCUT2D eigenvalue weighted by atomic mass is 16.5. The quantitative estimate of drug-likeness (QED) is 0.808. The Morgan fingerprint density at radius 1 is 1.53 bits per heavy atom. The van der Waals surface area contributed by atoms with Gasteiger partial charge < -0.3 is 15.8 Å². The van der Waals surface area contributed by atoms with Gasteiger partial charge in [0.15, 0.2) is 0 Å². The molecular weight excluding hydrogens is 242 g/mol. The molecule has 1 rings (SSSR count). The van der Waals surface area contributed by atoms with Crippen molar-refractivity contribution in [1.29, 1.82) is 5.26 Å². The minimum atomic E-state index is -0.597. The number of primary amides is 1. The lowest BCUT2D eigenvalue weighted by Gasteiger charge is -2.18. The monoisotopic (exact) mass is 261 g/mol. The molecule has 0 aromatic heterocycles. The topological polar surface area (TPSA) is 88.1 Å². The highest BCUT2D eigenvalue weighted by Gasteiger charge is 2.19. The van der Waals surface area contributed by atoms with Gasteiger partial charge in [0.1, 0.15) is 17.9 Å². The van der Waals surface area contributed by atoms with E-state index in [-0.39, 0.29) is 0 Å². The molecule has 0 saturated heterocycles. The average molecular weight is 261 g/mol. The van der Waals surface area contributed by atoms with E-state index in [1.54, 1.807) is 18.2 Å². The first kappa shape index (κ1) is 15.0. The van der Waals surface area contributed by atoms with E-state index in [9.17, 15) is 4.79 Å². The van der Waals surface area contributed by atoms with Crippen molar-refractivity contribution in [2.24, 2.45) is 11.7 Å². The van der Waals surface area contributed by atoms with Crippen LogP contribution in [-0.2, 0) is 4.79 Å². The first-order valence-electron chi connectivity index (χ1n) is 6.10. The van der Waals surface area contributed by atoms with Crippen LogP contribution < -0.4 is 15.8 Å². The normalized spacial score (nSPS) is 11.9. The Kier molecular flexibility index (Phi) is 5.34. The van der Waals surface area contributed by atoms with Gasteiger partial charge in [-0.05, 0) is 30.2 Å². The molecule has 0 bridgehead atoms. The number of benzene rings is 1. The van der Waals surface area contributed by atoms with Crippen LogP contribution in [0.25, 0.3) is 0 Å². The van der Waals surface area contributed by atoms with E-state index in [0.29, 0.717) is 29.3 Å². The smallest absolute Gasteiger partial charge is 0.239 e. The number of methoxy groups -OCH3 is 1. The van der Waals surface area contributed by atoms with Crippen LogP contribution >= 0.6 is 0 Å². The molecule has 5 heteroatoms. The molecule has 5 nitrogen and oxygen atoms in total. The van der Waals surface area contributed by atoms with Crippen LogP contribution in [0, 0.1) is 17.2 Å². The van der Waals surface area contributed by atoms with E-state index in [2.05, 4.69) is 5.32 Å². The Morgan fingerprint density at radius 2 is 2.21 bits per heavy atom. The van der Waals surface area contributed by atoms with Gasteiger partial charge in [0, 0.05) is 0 Å². The van der Waals surface area contributed by atoms with Gasteiger partial charge in [0.05, 0.1) is 12.7 Å². The largest absolute Gasteiger partial charge is 0.495 e. The summed E-state index contributed by atoms with van der Waals surface area (Å²) in [5, 5.41) is 12.1. The number of carbonyl (C=O) groups is 1. The number of nitrogens with one attached hydrogen (secondary N) is 1. The number of carbonyl (C=O) groups excluding carboxylic acids is 1. The molecule has 1 aromatic rings. The van der Waals surface area contributed by atoms with Crippen LogP contribution in [-0.4, -0.2) is 19.6 Å². The van der Waals surface area contributed by atoms with Crippen LogP contribution in [0.4, 0.5) is 0 Å². The Hall–Kier alpha value is -2.06. The molecule has 0 heterocycles. The zero-order chi connectivity index (χ0) is 14.4. The summed E-state index contributed by atoms with van der Waals surface area (Å²) in [6.45, 7) is 4.75. The summed E-state index contributed by atoms with van der Waals surface area (Å²) in [6, 6.07) is 6.48. The van der Waals surface area contributed by atoms with Crippen molar-refractivity contribution < 1.29 is 9.53 Å². The minimum Gasteiger partial charge on any atom is -0.495 e. The summed E-state index contributed by atoms with van der Waals surface area (Å²) in [4.78, 5) is 11.5. The summed E-state index contributed by atoms with van der Waals surface area (Å²) in [5.74, 6) is 0.420. The fourth-order valence-corrected chi connectivity index (χ4v) is 1.73. The molecule has 1 unspecified atom stereocenters. The summed E-state index contributed by atoms with van der Waals surface area (Å²) in [7, 11) is 1.50.